The Kier molecular flexibility index (Phi) is 9.98. The van der Waals surface area contributed by atoms with Crippen LogP contribution in [-0.2, 0) is 15.6 Å². The molecule has 4 aromatic carbocycles. The van der Waals surface area contributed by atoms with Gasteiger partial charge in [-0.3, -0.25) is 0 Å². The average molecular weight is 972 g/mol. The first-order valence-corrected chi connectivity index (χ1v) is 18.2. The molecule has 0 atom stereocenters. The molecule has 45 heavy (non-hydrogen) atoms. The third kappa shape index (κ3) is 5.79. The van der Waals surface area contributed by atoms with Crippen LogP contribution in [0.3, 0.4) is 0 Å². The summed E-state index contributed by atoms with van der Waals surface area (Å²) in [7, 11) is 1.45. The number of fused-ring (bicyclic) bond motifs is 10. The highest BCUT2D eigenvalue weighted by Gasteiger charge is 2.46. The molecule has 0 bridgehead atoms. The number of halogens is 5. The molecule has 0 radical (unpaired) electrons. The van der Waals surface area contributed by atoms with E-state index in [0.717, 1.165) is 34.9 Å². The van der Waals surface area contributed by atoms with Crippen LogP contribution in [0, 0.1) is 0 Å². The molecule has 0 saturated carbocycles. The van der Waals surface area contributed by atoms with Crippen LogP contribution in [0.2, 0.25) is 0 Å². The number of carbonyl (C=O) groups is 1. The summed E-state index contributed by atoms with van der Waals surface area (Å²) in [6.45, 7) is 3.62. The van der Waals surface area contributed by atoms with Crippen molar-refractivity contribution in [3.8, 4) is 22.3 Å². The molecule has 2 heterocycles. The second-order valence-corrected chi connectivity index (χ2v) is 15.8. The monoisotopic (exact) mass is 968 g/mol. The molecule has 4 nitrogen and oxygen atoms in total. The van der Waals surface area contributed by atoms with Gasteiger partial charge in [0, 0.05) is 41.8 Å². The number of nitrogens with one attached hydrogen (secondary N) is 1. The van der Waals surface area contributed by atoms with Gasteiger partial charge in [-0.05, 0) is 132 Å². The third-order valence-electron chi connectivity index (χ3n) is 10.1. The van der Waals surface area contributed by atoms with Crippen LogP contribution >= 0.6 is 87.7 Å². The van der Waals surface area contributed by atoms with Gasteiger partial charge in [-0.1, -0.05) is 88.0 Å². The van der Waals surface area contributed by atoms with E-state index >= 15 is 0 Å². The van der Waals surface area contributed by atoms with Crippen molar-refractivity contribution in [3.63, 3.8) is 0 Å². The van der Waals surface area contributed by atoms with Crippen molar-refractivity contribution in [2.45, 2.75) is 36.5 Å². The van der Waals surface area contributed by atoms with Crippen molar-refractivity contribution in [1.82, 2.24) is 10.2 Å². The Morgan fingerprint density at radius 2 is 0.956 bits per heavy atom. The number of ether oxygens (including phenoxy) is 1. The Labute approximate surface area is 315 Å². The van der Waals surface area contributed by atoms with Crippen molar-refractivity contribution >= 4 is 93.8 Å². The molecule has 4 aliphatic rings. The molecule has 8 rings (SSSR count). The number of likely N-dealkylation sites (tertiary alicyclic amines) is 1. The lowest BCUT2D eigenvalue weighted by Gasteiger charge is -2.40. The van der Waals surface area contributed by atoms with Crippen LogP contribution in [0.15, 0.2) is 90.7 Å². The van der Waals surface area contributed by atoms with Crippen LogP contribution in [0.5, 0.6) is 0 Å². The molecule has 2 saturated heterocycles. The minimum absolute atomic E-state index is 0. The highest BCUT2D eigenvalue weighted by molar-refractivity contribution is 14.0. The van der Waals surface area contributed by atoms with E-state index in [9.17, 15) is 4.79 Å². The standard InChI is InChI=1S/C19H17Br2NO2.C17H15Br2N.HI/c1-24-18(23)22-8-6-19(7-9-22)16-10-12(20)2-4-14(16)15-5-3-13(21)11-17(15)19;18-11-1-3-13-14-4-2-12(19)10-16(14)17(15(13)9-11)5-7-20-8-6-17;/h2-5,10-11H,6-9H2,1H3;1-4,9-10,20H,5-8H2;1H. The highest BCUT2D eigenvalue weighted by atomic mass is 127. The van der Waals surface area contributed by atoms with Crippen LogP contribution < -0.4 is 5.32 Å². The van der Waals surface area contributed by atoms with Gasteiger partial charge < -0.3 is 15.0 Å². The molecule has 1 N–H and O–H groups in total. The van der Waals surface area contributed by atoms with Crippen molar-refractivity contribution in [1.29, 1.82) is 0 Å². The molecule has 1 amide bonds. The van der Waals surface area contributed by atoms with E-state index in [0.29, 0.717) is 13.1 Å². The summed E-state index contributed by atoms with van der Waals surface area (Å²) in [4.78, 5) is 13.7. The average Bonchev–Trinajstić information content (AvgIpc) is 3.43. The van der Waals surface area contributed by atoms with E-state index in [4.69, 9.17) is 4.74 Å². The summed E-state index contributed by atoms with van der Waals surface area (Å²) in [5, 5.41) is 3.50. The minimum atomic E-state index is -0.230. The summed E-state index contributed by atoms with van der Waals surface area (Å²) in [6, 6.07) is 26.6. The maximum atomic E-state index is 11.9. The third-order valence-corrected chi connectivity index (χ3v) is 12.0. The van der Waals surface area contributed by atoms with Gasteiger partial charge in [-0.2, -0.15) is 0 Å². The van der Waals surface area contributed by atoms with Gasteiger partial charge in [-0.25, -0.2) is 4.79 Å². The quantitative estimate of drug-likeness (QED) is 0.179. The van der Waals surface area contributed by atoms with Crippen molar-refractivity contribution < 1.29 is 9.53 Å². The summed E-state index contributed by atoms with van der Waals surface area (Å²) in [5.74, 6) is 0. The fourth-order valence-corrected chi connectivity index (χ4v) is 9.45. The minimum Gasteiger partial charge on any atom is -0.453 e. The lowest BCUT2D eigenvalue weighted by molar-refractivity contribution is 0.105. The topological polar surface area (TPSA) is 41.6 Å². The van der Waals surface area contributed by atoms with Crippen molar-refractivity contribution in [2.24, 2.45) is 0 Å². The Hall–Kier alpha value is -1.24. The zero-order valence-corrected chi connectivity index (χ0v) is 33.4. The second kappa shape index (κ2) is 13.3. The van der Waals surface area contributed by atoms with E-state index in [1.165, 1.54) is 73.4 Å². The zero-order chi connectivity index (χ0) is 30.6. The molecule has 4 aromatic rings. The number of amides is 1. The smallest absolute Gasteiger partial charge is 0.409 e. The number of methoxy groups -OCH3 is 1. The van der Waals surface area contributed by atoms with Gasteiger partial charge >= 0.3 is 6.09 Å². The summed E-state index contributed by atoms with van der Waals surface area (Å²) in [6.07, 6.45) is 3.95. The van der Waals surface area contributed by atoms with E-state index < -0.39 is 0 Å². The first-order valence-electron chi connectivity index (χ1n) is 15.0. The Morgan fingerprint density at radius 1 is 0.622 bits per heavy atom. The maximum Gasteiger partial charge on any atom is 0.409 e. The molecule has 2 fully saturated rings. The van der Waals surface area contributed by atoms with Gasteiger partial charge in [0.25, 0.3) is 0 Å². The Balaban J connectivity index is 0.000000158. The van der Waals surface area contributed by atoms with Gasteiger partial charge in [0.1, 0.15) is 0 Å². The SMILES string of the molecule is Brc1ccc2c(c1)C1(CCNCC1)c1cc(Br)ccc1-2.COC(=O)N1CCC2(CC1)c1cc(Br)ccc1-c1ccc(Br)cc12.I. The molecular weight excluding hydrogens is 939 g/mol. The molecule has 2 aliphatic heterocycles. The van der Waals surface area contributed by atoms with Gasteiger partial charge in [0.2, 0.25) is 0 Å². The predicted octanol–water partition coefficient (Wildman–Crippen LogP) is 10.8. The van der Waals surface area contributed by atoms with Crippen molar-refractivity contribution in [2.75, 3.05) is 33.3 Å². The summed E-state index contributed by atoms with van der Waals surface area (Å²) < 4.78 is 9.45. The van der Waals surface area contributed by atoms with E-state index in [1.807, 2.05) is 0 Å². The number of hydrogen-bond acceptors (Lipinski definition) is 3. The van der Waals surface area contributed by atoms with Crippen molar-refractivity contribution in [3.05, 3.63) is 113 Å². The number of piperidine rings is 2. The zero-order valence-electron chi connectivity index (χ0n) is 24.8. The lowest BCUT2D eigenvalue weighted by Crippen LogP contribution is -2.45. The predicted molar refractivity (Wildman–Crippen MR) is 207 cm³/mol. The lowest BCUT2D eigenvalue weighted by atomic mass is 9.71. The van der Waals surface area contributed by atoms with Gasteiger partial charge in [0.05, 0.1) is 7.11 Å². The summed E-state index contributed by atoms with van der Waals surface area (Å²) >= 11 is 14.6. The molecule has 2 spiro atoms. The van der Waals surface area contributed by atoms with Gasteiger partial charge in [0.15, 0.2) is 0 Å². The fraction of sp³-hybridized carbons (Fsp3) is 0.306. The number of carbonyl (C=O) groups excluding carboxylic acids is 1. The molecule has 0 aromatic heterocycles. The normalized spacial score (nSPS) is 17.8. The Bertz CT molecular complexity index is 1670. The number of nitrogens with zero attached hydrogens (tertiary/aromatic N) is 1. The second-order valence-electron chi connectivity index (χ2n) is 12.1. The number of hydrogen-bond donors (Lipinski definition) is 1. The molecule has 0 unspecified atom stereocenters. The van der Waals surface area contributed by atoms with E-state index in [-0.39, 0.29) is 40.9 Å². The van der Waals surface area contributed by atoms with E-state index in [1.54, 1.807) is 4.90 Å². The Morgan fingerprint density at radius 3 is 1.29 bits per heavy atom. The fourth-order valence-electron chi connectivity index (χ4n) is 8.01. The van der Waals surface area contributed by atoms with Crippen LogP contribution in [0.25, 0.3) is 22.3 Å². The van der Waals surface area contributed by atoms with E-state index in [2.05, 4.69) is 142 Å². The number of benzene rings is 4. The molecule has 2 aliphatic carbocycles. The van der Waals surface area contributed by atoms with Crippen LogP contribution in [-0.4, -0.2) is 44.3 Å². The largest absolute Gasteiger partial charge is 0.453 e. The summed E-state index contributed by atoms with van der Waals surface area (Å²) in [5.41, 5.74) is 11.4. The number of rotatable bonds is 0. The highest BCUT2D eigenvalue weighted by Crippen LogP contribution is 2.56. The maximum absolute atomic E-state index is 11.9. The molecular formula is C36H33Br4IN2O2. The van der Waals surface area contributed by atoms with Gasteiger partial charge in [-0.15, -0.1) is 24.0 Å². The van der Waals surface area contributed by atoms with Crippen LogP contribution in [0.1, 0.15) is 47.9 Å². The first-order chi connectivity index (χ1) is 21.3. The molecule has 234 valence electrons. The molecule has 9 heteroatoms. The first kappa shape index (κ1) is 33.7. The van der Waals surface area contributed by atoms with Crippen LogP contribution in [0.4, 0.5) is 4.79 Å².